The van der Waals surface area contributed by atoms with Gasteiger partial charge in [-0.2, -0.15) is 5.26 Å². The molecule has 0 aliphatic heterocycles. The van der Waals surface area contributed by atoms with E-state index in [1.165, 1.54) is 18.2 Å². The lowest BCUT2D eigenvalue weighted by Crippen LogP contribution is -2.21. The molecular formula is C13H12F3NO2. The normalized spacial score (nSPS) is 12.6. The van der Waals surface area contributed by atoms with E-state index in [4.69, 9.17) is 5.26 Å². The number of hydrogen-bond acceptors (Lipinski definition) is 3. The van der Waals surface area contributed by atoms with Crippen LogP contribution in [0.25, 0.3) is 0 Å². The highest BCUT2D eigenvalue weighted by Crippen LogP contribution is 2.29. The van der Waals surface area contributed by atoms with E-state index in [1.54, 1.807) is 6.92 Å². The van der Waals surface area contributed by atoms with Crippen LogP contribution in [-0.4, -0.2) is 12.1 Å². The molecule has 0 fully saturated rings. The minimum absolute atomic E-state index is 0.0321. The van der Waals surface area contributed by atoms with Gasteiger partial charge < -0.3 is 4.74 Å². The fraction of sp³-hybridized carbons (Fsp3) is 0.385. The first-order valence-electron chi connectivity index (χ1n) is 5.65. The van der Waals surface area contributed by atoms with Gasteiger partial charge in [-0.15, -0.1) is 13.2 Å². The molecule has 1 atom stereocenters. The third kappa shape index (κ3) is 4.28. The van der Waals surface area contributed by atoms with Crippen molar-refractivity contribution in [1.82, 2.24) is 0 Å². The van der Waals surface area contributed by atoms with Crippen LogP contribution < -0.4 is 4.74 Å². The van der Waals surface area contributed by atoms with Gasteiger partial charge in [-0.1, -0.05) is 19.1 Å². The molecule has 0 heterocycles. The summed E-state index contributed by atoms with van der Waals surface area (Å²) in [4.78, 5) is 12.1. The highest BCUT2D eigenvalue weighted by molar-refractivity contribution is 6.00. The molecule has 0 N–H and O–H groups in total. The lowest BCUT2D eigenvalue weighted by molar-refractivity contribution is -0.274. The molecule has 0 amide bonds. The van der Waals surface area contributed by atoms with E-state index in [9.17, 15) is 18.0 Å². The molecule has 1 aromatic carbocycles. The summed E-state index contributed by atoms with van der Waals surface area (Å²) in [5, 5.41) is 8.61. The average Bonchev–Trinajstić information content (AvgIpc) is 2.34. The Bertz CT molecular complexity index is 491. The molecule has 1 aromatic rings. The maximum Gasteiger partial charge on any atom is 0.573 e. The molecule has 0 saturated carbocycles. The lowest BCUT2D eigenvalue weighted by atomic mass is 9.92. The van der Waals surface area contributed by atoms with Gasteiger partial charge in [0.05, 0.1) is 11.6 Å². The van der Waals surface area contributed by atoms with Crippen molar-refractivity contribution in [2.45, 2.75) is 26.1 Å². The number of Topliss-reactive ketones (excluding diaryl/α,β-unsaturated/α-hetero) is 1. The molecule has 0 spiro atoms. The van der Waals surface area contributed by atoms with Crippen molar-refractivity contribution in [1.29, 1.82) is 5.26 Å². The Morgan fingerprint density at radius 3 is 2.58 bits per heavy atom. The number of nitriles is 1. The fourth-order valence-corrected chi connectivity index (χ4v) is 1.64. The highest BCUT2D eigenvalue weighted by Gasteiger charge is 2.33. The zero-order valence-corrected chi connectivity index (χ0v) is 10.2. The Balaban J connectivity index is 3.06. The molecular weight excluding hydrogens is 259 g/mol. The van der Waals surface area contributed by atoms with Gasteiger partial charge in [0.25, 0.3) is 0 Å². The Hall–Kier alpha value is -2.03. The zero-order chi connectivity index (χ0) is 14.5. The van der Waals surface area contributed by atoms with Crippen LogP contribution in [0.4, 0.5) is 13.2 Å². The molecule has 0 saturated heterocycles. The molecule has 0 bridgehead atoms. The van der Waals surface area contributed by atoms with Gasteiger partial charge in [0.2, 0.25) is 0 Å². The summed E-state index contributed by atoms with van der Waals surface area (Å²) in [5.41, 5.74) is -0.151. The second kappa shape index (κ2) is 6.23. The van der Waals surface area contributed by atoms with Crippen molar-refractivity contribution in [3.63, 3.8) is 0 Å². The number of para-hydroxylation sites is 1. The number of alkyl halides is 3. The minimum Gasteiger partial charge on any atom is -0.405 e. The largest absolute Gasteiger partial charge is 0.573 e. The molecule has 1 unspecified atom stereocenters. The van der Waals surface area contributed by atoms with E-state index in [0.29, 0.717) is 6.42 Å². The van der Waals surface area contributed by atoms with Crippen molar-refractivity contribution in [2.75, 3.05) is 0 Å². The van der Waals surface area contributed by atoms with Gasteiger partial charge in [0.1, 0.15) is 5.75 Å². The smallest absolute Gasteiger partial charge is 0.405 e. The molecule has 1 rings (SSSR count). The first kappa shape index (κ1) is 15.0. The highest BCUT2D eigenvalue weighted by atomic mass is 19.4. The van der Waals surface area contributed by atoms with Gasteiger partial charge in [-0.05, 0) is 18.6 Å². The minimum atomic E-state index is -4.85. The molecule has 6 heteroatoms. The van der Waals surface area contributed by atoms with E-state index in [-0.39, 0.29) is 12.0 Å². The van der Waals surface area contributed by atoms with E-state index >= 15 is 0 Å². The molecule has 0 aliphatic carbocycles. The van der Waals surface area contributed by atoms with Crippen LogP contribution in [0.3, 0.4) is 0 Å². The van der Waals surface area contributed by atoms with E-state index in [2.05, 4.69) is 4.74 Å². The van der Waals surface area contributed by atoms with Crippen LogP contribution in [0.15, 0.2) is 24.3 Å². The molecule has 0 aliphatic rings. The molecule has 3 nitrogen and oxygen atoms in total. The first-order valence-corrected chi connectivity index (χ1v) is 5.65. The molecule has 19 heavy (non-hydrogen) atoms. The maximum absolute atomic E-state index is 12.2. The number of ether oxygens (including phenoxy) is 1. The first-order chi connectivity index (χ1) is 8.89. The van der Waals surface area contributed by atoms with Crippen LogP contribution in [0.5, 0.6) is 5.75 Å². The van der Waals surface area contributed by atoms with Crippen LogP contribution in [0, 0.1) is 17.2 Å². The number of rotatable bonds is 5. The Morgan fingerprint density at radius 2 is 2.05 bits per heavy atom. The van der Waals surface area contributed by atoms with Crippen LogP contribution in [-0.2, 0) is 0 Å². The van der Waals surface area contributed by atoms with Crippen molar-refractivity contribution in [3.8, 4) is 11.8 Å². The van der Waals surface area contributed by atoms with Gasteiger partial charge in [0, 0.05) is 12.3 Å². The van der Waals surface area contributed by atoms with E-state index in [0.717, 1.165) is 6.07 Å². The number of carbonyl (C=O) groups excluding carboxylic acids is 1. The summed E-state index contributed by atoms with van der Waals surface area (Å²) in [6.07, 6.45) is -4.50. The second-order valence-corrected chi connectivity index (χ2v) is 3.88. The van der Waals surface area contributed by atoms with Crippen molar-refractivity contribution in [3.05, 3.63) is 29.8 Å². The predicted molar refractivity (Wildman–Crippen MR) is 61.5 cm³/mol. The fourth-order valence-electron chi connectivity index (χ4n) is 1.64. The number of ketones is 1. The third-order valence-electron chi connectivity index (χ3n) is 2.58. The summed E-state index contributed by atoms with van der Waals surface area (Å²) < 4.78 is 40.5. The summed E-state index contributed by atoms with van der Waals surface area (Å²) in [7, 11) is 0. The van der Waals surface area contributed by atoms with Crippen molar-refractivity contribution >= 4 is 5.78 Å². The van der Waals surface area contributed by atoms with Crippen molar-refractivity contribution < 1.29 is 22.7 Å². The van der Waals surface area contributed by atoms with Gasteiger partial charge >= 0.3 is 6.36 Å². The Morgan fingerprint density at radius 1 is 1.42 bits per heavy atom. The number of halogens is 3. The summed E-state index contributed by atoms with van der Waals surface area (Å²) in [5.74, 6) is -1.66. The summed E-state index contributed by atoms with van der Waals surface area (Å²) >= 11 is 0. The second-order valence-electron chi connectivity index (χ2n) is 3.88. The standard InChI is InChI=1S/C13H12F3NO2/c1-2-9(7-8-17)12(18)10-5-3-4-6-11(10)19-13(14,15)16/h3-6,9H,2,7H2,1H3. The quantitative estimate of drug-likeness (QED) is 0.767. The number of hydrogen-bond donors (Lipinski definition) is 0. The van der Waals surface area contributed by atoms with Gasteiger partial charge in [-0.25, -0.2) is 0 Å². The molecule has 102 valence electrons. The number of carbonyl (C=O) groups is 1. The van der Waals surface area contributed by atoms with E-state index in [1.807, 2.05) is 6.07 Å². The van der Waals surface area contributed by atoms with Gasteiger partial charge in [-0.3, -0.25) is 4.79 Å². The Labute approximate surface area is 108 Å². The zero-order valence-electron chi connectivity index (χ0n) is 10.2. The number of benzene rings is 1. The SMILES string of the molecule is CCC(CC#N)C(=O)c1ccccc1OC(F)(F)F. The summed E-state index contributed by atoms with van der Waals surface area (Å²) in [6.45, 7) is 1.70. The summed E-state index contributed by atoms with van der Waals surface area (Å²) in [6, 6.07) is 7.01. The Kier molecular flexibility index (Phi) is 4.93. The van der Waals surface area contributed by atoms with Crippen molar-refractivity contribution in [2.24, 2.45) is 5.92 Å². The predicted octanol–water partition coefficient (Wildman–Crippen LogP) is 3.71. The number of nitrogens with zero attached hydrogens (tertiary/aromatic N) is 1. The maximum atomic E-state index is 12.2. The van der Waals surface area contributed by atoms with Crippen LogP contribution in [0.1, 0.15) is 30.1 Å². The lowest BCUT2D eigenvalue weighted by Gasteiger charge is -2.15. The van der Waals surface area contributed by atoms with Crippen LogP contribution >= 0.6 is 0 Å². The monoisotopic (exact) mass is 271 g/mol. The van der Waals surface area contributed by atoms with Gasteiger partial charge in [0.15, 0.2) is 5.78 Å². The molecule has 0 aromatic heterocycles. The molecule has 0 radical (unpaired) electrons. The topological polar surface area (TPSA) is 50.1 Å². The van der Waals surface area contributed by atoms with E-state index < -0.39 is 23.8 Å². The average molecular weight is 271 g/mol. The van der Waals surface area contributed by atoms with Crippen LogP contribution in [0.2, 0.25) is 0 Å². The third-order valence-corrected chi connectivity index (χ3v) is 2.58.